The third-order valence-electron chi connectivity index (χ3n) is 9.40. The molecule has 0 amide bonds. The zero-order chi connectivity index (χ0) is 67.9. The highest BCUT2D eigenvalue weighted by atomic mass is 15.0. The van der Waals surface area contributed by atoms with Crippen molar-refractivity contribution in [3.8, 4) is 39.3 Å². The van der Waals surface area contributed by atoms with Gasteiger partial charge in [0.1, 0.15) is 0 Å². The SMILES string of the molecule is [2H]c1c([2H])c([2H])c(-c2c([2H])c([2H])c([2H])c(-c3c([2H])c([2H])c([2H])c([2H])c3[2H])c2-n2c3c([2H])c([2H])c([2H])c([2H])c3c3c([2H])c([2H])c(-n4c5c([2H])c([2H])c([2H])c([2H])c5c5c(-n6c7c([2H])c([2H])c([2H])c([2H])c7c7c([2H])c([2H])c([2H])c([2H])c76)c([2H])c([2H])c([2H])c54)c([2H])c32)c([2H])c1[2H]. The molecule has 0 aliphatic carbocycles. The summed E-state index contributed by atoms with van der Waals surface area (Å²) in [5.41, 5.74) is -12.1. The Kier molecular flexibility index (Phi) is 2.78. The van der Waals surface area contributed by atoms with E-state index in [0.29, 0.717) is 9.13 Å². The van der Waals surface area contributed by atoms with Crippen molar-refractivity contribution in [1.29, 1.82) is 0 Å². The molecule has 0 fully saturated rings. The molecular formula is C54H35N3. The Balaban J connectivity index is 1.43. The lowest BCUT2D eigenvalue weighted by molar-refractivity contribution is 1.15. The average Bonchev–Trinajstić information content (AvgIpc) is 1.50. The molecule has 0 radical (unpaired) electrons. The summed E-state index contributed by atoms with van der Waals surface area (Å²) in [4.78, 5) is 0. The van der Waals surface area contributed by atoms with Gasteiger partial charge in [-0.3, -0.25) is 0 Å². The molecule has 9 aromatic carbocycles. The van der Waals surface area contributed by atoms with Crippen LogP contribution in [0.25, 0.3) is 105 Å². The molecule has 0 aliphatic heterocycles. The lowest BCUT2D eigenvalue weighted by Gasteiger charge is -2.19. The Morgan fingerprint density at radius 1 is 0.298 bits per heavy atom. The van der Waals surface area contributed by atoms with Crippen molar-refractivity contribution in [2.75, 3.05) is 0 Å². The fourth-order valence-electron chi connectivity index (χ4n) is 7.17. The molecule has 0 saturated carbocycles. The molecule has 12 aromatic rings. The van der Waals surface area contributed by atoms with Crippen LogP contribution in [0.5, 0.6) is 0 Å². The average molecular weight is 761 g/mol. The number of nitrogens with zero attached hydrogens (tertiary/aromatic N) is 3. The molecule has 0 bridgehead atoms. The van der Waals surface area contributed by atoms with E-state index in [9.17, 15) is 26.0 Å². The number of rotatable bonds is 5. The number of hydrogen-bond acceptors (Lipinski definition) is 0. The molecule has 3 heterocycles. The molecular weight excluding hydrogens is 691 g/mol. The lowest BCUT2D eigenvalue weighted by Crippen LogP contribution is -2.01. The molecule has 3 heteroatoms. The molecule has 0 N–H and O–H groups in total. The summed E-state index contributed by atoms with van der Waals surface area (Å²) in [5, 5.41) is -4.25. The van der Waals surface area contributed by atoms with Crippen LogP contribution in [0.15, 0.2) is 211 Å². The van der Waals surface area contributed by atoms with E-state index in [1.807, 2.05) is 0 Å². The predicted molar refractivity (Wildman–Crippen MR) is 240 cm³/mol. The van der Waals surface area contributed by atoms with Gasteiger partial charge in [0.15, 0.2) is 0 Å². The molecule has 3 nitrogen and oxygen atoms in total. The number of benzene rings is 9. The van der Waals surface area contributed by atoms with Gasteiger partial charge in [-0.25, -0.2) is 0 Å². The smallest absolute Gasteiger partial charge is 0.0667 e. The maximum absolute atomic E-state index is 10.6. The second kappa shape index (κ2) is 12.5. The zero-order valence-electron chi connectivity index (χ0n) is 63.3. The molecule has 0 atom stereocenters. The Morgan fingerprint density at radius 3 is 1.32 bits per heavy atom. The minimum Gasteiger partial charge on any atom is -0.309 e. The van der Waals surface area contributed by atoms with Crippen molar-refractivity contribution < 1.29 is 48.0 Å². The van der Waals surface area contributed by atoms with Crippen LogP contribution < -0.4 is 0 Å². The molecule has 57 heavy (non-hydrogen) atoms. The first-order chi connectivity index (χ1) is 42.9. The number of aromatic nitrogens is 3. The van der Waals surface area contributed by atoms with Gasteiger partial charge in [0.25, 0.3) is 0 Å². The molecule has 266 valence electrons. The third-order valence-corrected chi connectivity index (χ3v) is 9.40. The Bertz CT molecular complexity index is 5350. The van der Waals surface area contributed by atoms with Crippen molar-refractivity contribution in [2.45, 2.75) is 0 Å². The summed E-state index contributed by atoms with van der Waals surface area (Å²) in [6.07, 6.45) is 0. The molecule has 0 unspecified atom stereocenters. The highest BCUT2D eigenvalue weighted by molar-refractivity contribution is 6.17. The fourth-order valence-corrected chi connectivity index (χ4v) is 7.17. The van der Waals surface area contributed by atoms with E-state index < -0.39 is 316 Å². The summed E-state index contributed by atoms with van der Waals surface area (Å²) in [6.45, 7) is 0. The Labute approximate surface area is 378 Å². The van der Waals surface area contributed by atoms with Crippen LogP contribution >= 0.6 is 0 Å². The summed E-state index contributed by atoms with van der Waals surface area (Å²) >= 11 is 0. The van der Waals surface area contributed by atoms with Gasteiger partial charge in [0, 0.05) is 49.1 Å². The van der Waals surface area contributed by atoms with Gasteiger partial charge in [-0.1, -0.05) is 163 Å². The first-order valence-corrected chi connectivity index (χ1v) is 16.8. The van der Waals surface area contributed by atoms with E-state index in [0.717, 1.165) is 4.57 Å². The number of para-hydroxylation sites is 5. The number of hydrogen-bond donors (Lipinski definition) is 0. The Morgan fingerprint density at radius 2 is 0.737 bits per heavy atom. The quantitative estimate of drug-likeness (QED) is 0.166. The molecule has 0 aliphatic rings. The van der Waals surface area contributed by atoms with Crippen LogP contribution in [0.1, 0.15) is 48.0 Å². The van der Waals surface area contributed by atoms with Gasteiger partial charge in [-0.05, 0) is 59.5 Å². The van der Waals surface area contributed by atoms with E-state index in [-0.39, 0.29) is 0 Å². The van der Waals surface area contributed by atoms with E-state index >= 15 is 0 Å². The normalized spacial score (nSPS) is 20.5. The summed E-state index contributed by atoms with van der Waals surface area (Å²) < 4.78 is 325. The third kappa shape index (κ3) is 4.66. The first kappa shape index (κ1) is 12.7. The topological polar surface area (TPSA) is 14.8 Å². The van der Waals surface area contributed by atoms with Crippen molar-refractivity contribution in [2.24, 2.45) is 0 Å². The molecule has 3 aromatic heterocycles. The second-order valence-electron chi connectivity index (χ2n) is 12.3. The van der Waals surface area contributed by atoms with Crippen LogP contribution in [-0.2, 0) is 0 Å². The fraction of sp³-hybridized carbons (Fsp3) is 0. The first-order valence-electron chi connectivity index (χ1n) is 34.3. The van der Waals surface area contributed by atoms with Crippen LogP contribution in [0.3, 0.4) is 0 Å². The molecule has 12 rings (SSSR count). The second-order valence-corrected chi connectivity index (χ2v) is 12.3. The minimum atomic E-state index is -1.25. The lowest BCUT2D eigenvalue weighted by atomic mass is 9.95. The monoisotopic (exact) mass is 761 g/mol. The van der Waals surface area contributed by atoms with E-state index in [4.69, 9.17) is 21.9 Å². The predicted octanol–water partition coefficient (Wildman–Crippen LogP) is 14.3. The van der Waals surface area contributed by atoms with Crippen molar-refractivity contribution >= 4 is 65.4 Å². The van der Waals surface area contributed by atoms with Crippen molar-refractivity contribution in [1.82, 2.24) is 13.7 Å². The molecule has 0 saturated heterocycles. The van der Waals surface area contributed by atoms with Gasteiger partial charge < -0.3 is 13.7 Å². The largest absolute Gasteiger partial charge is 0.309 e. The highest BCUT2D eigenvalue weighted by Crippen LogP contribution is 2.44. The van der Waals surface area contributed by atoms with Gasteiger partial charge in [-0.15, -0.1) is 0 Å². The standard InChI is InChI=1S/C54H35N3/c1-3-17-36(18-4-1)39-25-15-26-40(37-19-5-2-6-20-37)54(39)57-48-29-13-9-23-43(48)44-34-33-38(35-52(44)57)55-49-30-14-10-24-45(49)53-50(55)31-16-32-51(53)56-46-27-11-7-21-41(46)42-22-8-12-28-47(42)56/h1-35H/i1D,2D,3D,4D,5D,6D,7D,8D,9D,10D,11D,12D,13D,14D,15D,16D,17D,18D,19D,20D,21D,22D,23D,24D,25D,26D,27D,28D,29D,30D,31D,32D,33D,34D,35D. The van der Waals surface area contributed by atoms with Gasteiger partial charge in [-0.2, -0.15) is 0 Å². The maximum Gasteiger partial charge on any atom is 0.0667 e. The summed E-state index contributed by atoms with van der Waals surface area (Å²) in [6, 6.07) is -37.5. The maximum atomic E-state index is 10.6. The zero-order valence-corrected chi connectivity index (χ0v) is 28.3. The minimum absolute atomic E-state index is 0.568. The molecule has 0 spiro atoms. The van der Waals surface area contributed by atoms with Crippen LogP contribution in [-0.4, -0.2) is 13.7 Å². The van der Waals surface area contributed by atoms with Crippen LogP contribution in [0.4, 0.5) is 0 Å². The summed E-state index contributed by atoms with van der Waals surface area (Å²) in [5.74, 6) is 0. The van der Waals surface area contributed by atoms with E-state index in [1.54, 1.807) is 0 Å². The van der Waals surface area contributed by atoms with Gasteiger partial charge in [0.2, 0.25) is 0 Å². The van der Waals surface area contributed by atoms with E-state index in [2.05, 4.69) is 0 Å². The Hall–Kier alpha value is -7.62. The van der Waals surface area contributed by atoms with Gasteiger partial charge in [0.05, 0.1) is 92.5 Å². The van der Waals surface area contributed by atoms with Crippen LogP contribution in [0.2, 0.25) is 0 Å². The summed E-state index contributed by atoms with van der Waals surface area (Å²) in [7, 11) is 0. The number of fused-ring (bicyclic) bond motifs is 9. The van der Waals surface area contributed by atoms with E-state index in [1.165, 1.54) is 0 Å². The van der Waals surface area contributed by atoms with Gasteiger partial charge >= 0.3 is 0 Å². The van der Waals surface area contributed by atoms with Crippen molar-refractivity contribution in [3.05, 3.63) is 211 Å². The van der Waals surface area contributed by atoms with Crippen molar-refractivity contribution in [3.63, 3.8) is 0 Å². The highest BCUT2D eigenvalue weighted by Gasteiger charge is 2.23. The van der Waals surface area contributed by atoms with Crippen LogP contribution in [0, 0.1) is 0 Å².